The molecule has 0 N–H and O–H groups in total. The third-order valence-electron chi connectivity index (χ3n) is 2.95. The monoisotopic (exact) mass is 299 g/mol. The first-order chi connectivity index (χ1) is 8.87. The standard InChI is InChI=1S/C12H10ClNO4S/c13-19(17,18)12(14(15)16)8-6-11(7-9-12)10-4-2-1-3-5-10/h1-9,11H. The third-order valence-corrected chi connectivity index (χ3v) is 4.89. The lowest BCUT2D eigenvalue weighted by Gasteiger charge is -2.20. The number of allylic oxidation sites excluding steroid dienone is 2. The minimum absolute atomic E-state index is 0.201. The maximum Gasteiger partial charge on any atom is 0.369 e. The topological polar surface area (TPSA) is 77.3 Å². The maximum absolute atomic E-state index is 11.4. The van der Waals surface area contributed by atoms with Gasteiger partial charge in [0.05, 0.1) is 4.92 Å². The van der Waals surface area contributed by atoms with E-state index in [1.165, 1.54) is 12.2 Å². The summed E-state index contributed by atoms with van der Waals surface area (Å²) in [5, 5.41) is 11.0. The van der Waals surface area contributed by atoms with Gasteiger partial charge in [0.25, 0.3) is 0 Å². The van der Waals surface area contributed by atoms with Crippen LogP contribution in [0.4, 0.5) is 0 Å². The summed E-state index contributed by atoms with van der Waals surface area (Å²) in [5.74, 6) is -0.201. The molecule has 1 aromatic rings. The molecule has 2 rings (SSSR count). The molecule has 100 valence electrons. The van der Waals surface area contributed by atoms with Crippen LogP contribution in [-0.2, 0) is 9.05 Å². The van der Waals surface area contributed by atoms with Crippen LogP contribution in [0, 0.1) is 10.1 Å². The molecule has 19 heavy (non-hydrogen) atoms. The van der Waals surface area contributed by atoms with E-state index in [2.05, 4.69) is 0 Å². The van der Waals surface area contributed by atoms with Crippen LogP contribution in [0.3, 0.4) is 0 Å². The zero-order valence-corrected chi connectivity index (χ0v) is 11.2. The van der Waals surface area contributed by atoms with Gasteiger partial charge in [-0.3, -0.25) is 10.1 Å². The molecular weight excluding hydrogens is 290 g/mol. The number of nitro groups is 1. The lowest BCUT2D eigenvalue weighted by molar-refractivity contribution is -0.513. The quantitative estimate of drug-likeness (QED) is 0.372. The van der Waals surface area contributed by atoms with Gasteiger partial charge in [-0.15, -0.1) is 0 Å². The van der Waals surface area contributed by atoms with E-state index in [0.717, 1.165) is 17.7 Å². The number of rotatable bonds is 3. The second-order valence-electron chi connectivity index (χ2n) is 4.10. The molecule has 0 amide bonds. The maximum atomic E-state index is 11.4. The van der Waals surface area contributed by atoms with Gasteiger partial charge in [-0.05, 0) is 5.56 Å². The van der Waals surface area contributed by atoms with Crippen LogP contribution in [0.2, 0.25) is 0 Å². The highest BCUT2D eigenvalue weighted by atomic mass is 35.7. The molecule has 1 aromatic carbocycles. The van der Waals surface area contributed by atoms with Crippen molar-refractivity contribution in [3.05, 3.63) is 70.3 Å². The Morgan fingerprint density at radius 1 is 1.16 bits per heavy atom. The largest absolute Gasteiger partial charge is 0.369 e. The zero-order chi connectivity index (χ0) is 14.1. The Labute approximate surface area is 114 Å². The molecule has 0 unspecified atom stereocenters. The SMILES string of the molecule is O=[N+]([O-])C1(S(=O)(=O)Cl)C=CC(c2ccccc2)C=C1. The predicted molar refractivity (Wildman–Crippen MR) is 72.0 cm³/mol. The molecule has 0 saturated carbocycles. The van der Waals surface area contributed by atoms with Crippen LogP contribution in [-0.4, -0.2) is 18.2 Å². The molecular formula is C12H10ClNO4S. The number of hydrogen-bond acceptors (Lipinski definition) is 4. The summed E-state index contributed by atoms with van der Waals surface area (Å²) in [7, 11) is 0.793. The number of nitrogens with zero attached hydrogens (tertiary/aromatic N) is 1. The normalized spacial score (nSPS) is 26.3. The van der Waals surface area contributed by atoms with Gasteiger partial charge in [0.2, 0.25) is 0 Å². The van der Waals surface area contributed by atoms with Crippen LogP contribution in [0.15, 0.2) is 54.6 Å². The fraction of sp³-hybridized carbons (Fsp3) is 0.167. The number of benzene rings is 1. The fourth-order valence-corrected chi connectivity index (χ4v) is 3.01. The van der Waals surface area contributed by atoms with E-state index in [0.29, 0.717) is 0 Å². The Kier molecular flexibility index (Phi) is 3.47. The van der Waals surface area contributed by atoms with E-state index in [9.17, 15) is 18.5 Å². The van der Waals surface area contributed by atoms with Gasteiger partial charge in [0, 0.05) is 28.8 Å². The lowest BCUT2D eigenvalue weighted by atomic mass is 9.93. The molecule has 1 aliphatic carbocycles. The molecule has 5 nitrogen and oxygen atoms in total. The summed E-state index contributed by atoms with van der Waals surface area (Å²) in [6, 6.07) is 9.24. The highest BCUT2D eigenvalue weighted by molar-refractivity contribution is 8.14. The Balaban J connectivity index is 2.39. The van der Waals surface area contributed by atoms with E-state index >= 15 is 0 Å². The first-order valence-corrected chi connectivity index (χ1v) is 7.70. The van der Waals surface area contributed by atoms with Crippen LogP contribution in [0.5, 0.6) is 0 Å². The third kappa shape index (κ3) is 2.41. The van der Waals surface area contributed by atoms with Crippen molar-refractivity contribution < 1.29 is 13.3 Å². The highest BCUT2D eigenvalue weighted by Crippen LogP contribution is 2.33. The van der Waals surface area contributed by atoms with Gasteiger partial charge in [-0.25, -0.2) is 8.42 Å². The molecule has 0 radical (unpaired) electrons. The van der Waals surface area contributed by atoms with Crippen LogP contribution < -0.4 is 0 Å². The molecule has 0 aliphatic heterocycles. The van der Waals surface area contributed by atoms with Crippen molar-refractivity contribution in [2.24, 2.45) is 0 Å². The van der Waals surface area contributed by atoms with E-state index in [1.54, 1.807) is 0 Å². The smallest absolute Gasteiger partial charge is 0.262 e. The first-order valence-electron chi connectivity index (χ1n) is 5.39. The van der Waals surface area contributed by atoms with E-state index in [-0.39, 0.29) is 5.92 Å². The summed E-state index contributed by atoms with van der Waals surface area (Å²) in [6.07, 6.45) is 4.98. The van der Waals surface area contributed by atoms with Gasteiger partial charge in [0.1, 0.15) is 0 Å². The second kappa shape index (κ2) is 4.79. The van der Waals surface area contributed by atoms with Crippen molar-refractivity contribution in [2.45, 2.75) is 10.8 Å². The Bertz CT molecular complexity index is 638. The van der Waals surface area contributed by atoms with Gasteiger partial charge in [0.15, 0.2) is 0 Å². The Morgan fingerprint density at radius 2 is 1.68 bits per heavy atom. The molecule has 1 aliphatic rings. The van der Waals surface area contributed by atoms with Crippen molar-refractivity contribution in [3.63, 3.8) is 0 Å². The fourth-order valence-electron chi connectivity index (χ4n) is 1.87. The average Bonchev–Trinajstić information content (AvgIpc) is 2.38. The van der Waals surface area contributed by atoms with E-state index in [1.807, 2.05) is 30.3 Å². The highest BCUT2D eigenvalue weighted by Gasteiger charge is 2.52. The van der Waals surface area contributed by atoms with Gasteiger partial charge >= 0.3 is 13.9 Å². The molecule has 0 bridgehead atoms. The summed E-state index contributed by atoms with van der Waals surface area (Å²) in [5.41, 5.74) is 0.916. The van der Waals surface area contributed by atoms with E-state index in [4.69, 9.17) is 10.7 Å². The van der Waals surface area contributed by atoms with Gasteiger partial charge in [-0.2, -0.15) is 0 Å². The zero-order valence-electron chi connectivity index (χ0n) is 9.64. The van der Waals surface area contributed by atoms with Crippen molar-refractivity contribution in [1.29, 1.82) is 0 Å². The molecule has 0 fully saturated rings. The number of halogens is 1. The summed E-state index contributed by atoms with van der Waals surface area (Å²) >= 11 is 0. The number of hydrogen-bond donors (Lipinski definition) is 0. The summed E-state index contributed by atoms with van der Waals surface area (Å²) < 4.78 is 22.8. The second-order valence-corrected chi connectivity index (χ2v) is 6.85. The van der Waals surface area contributed by atoms with Gasteiger partial charge in [-0.1, -0.05) is 42.5 Å². The molecule has 0 heterocycles. The van der Waals surface area contributed by atoms with Crippen LogP contribution in [0.25, 0.3) is 0 Å². The van der Waals surface area contributed by atoms with Crippen molar-refractivity contribution >= 4 is 19.7 Å². The minimum Gasteiger partial charge on any atom is -0.262 e. The Hall–Kier alpha value is -1.66. The Morgan fingerprint density at radius 3 is 2.11 bits per heavy atom. The molecule has 0 saturated heterocycles. The summed E-state index contributed by atoms with van der Waals surface area (Å²) in [4.78, 5) is 7.72. The molecule has 0 aromatic heterocycles. The summed E-state index contributed by atoms with van der Waals surface area (Å²) in [6.45, 7) is 0. The van der Waals surface area contributed by atoms with E-state index < -0.39 is 18.8 Å². The first kappa shape index (κ1) is 13.8. The lowest BCUT2D eigenvalue weighted by Crippen LogP contribution is -2.41. The van der Waals surface area contributed by atoms with Crippen molar-refractivity contribution in [3.8, 4) is 0 Å². The van der Waals surface area contributed by atoms with Crippen LogP contribution >= 0.6 is 10.7 Å². The van der Waals surface area contributed by atoms with Crippen LogP contribution in [0.1, 0.15) is 11.5 Å². The average molecular weight is 300 g/mol. The minimum atomic E-state index is -4.39. The molecule has 0 spiro atoms. The molecule has 7 heteroatoms. The molecule has 0 atom stereocenters. The van der Waals surface area contributed by atoms with Gasteiger partial charge < -0.3 is 0 Å². The van der Waals surface area contributed by atoms with Crippen molar-refractivity contribution in [2.75, 3.05) is 0 Å². The predicted octanol–water partition coefficient (Wildman–Crippen LogP) is 2.44. The van der Waals surface area contributed by atoms with Crippen molar-refractivity contribution in [1.82, 2.24) is 0 Å².